The van der Waals surface area contributed by atoms with Crippen molar-refractivity contribution in [1.29, 1.82) is 0 Å². The summed E-state index contributed by atoms with van der Waals surface area (Å²) < 4.78 is 6.24. The lowest BCUT2D eigenvalue weighted by Gasteiger charge is -2.03. The molecule has 1 heterocycles. The zero-order valence-corrected chi connectivity index (χ0v) is 9.45. The summed E-state index contributed by atoms with van der Waals surface area (Å²) in [4.78, 5) is 10.4. The molecule has 1 aromatic rings. The molecule has 0 bridgehead atoms. The van der Waals surface area contributed by atoms with Crippen molar-refractivity contribution in [3.63, 3.8) is 0 Å². The lowest BCUT2D eigenvalue weighted by Crippen LogP contribution is -1.87. The maximum Gasteiger partial charge on any atom is 0.328 e. The monoisotopic (exact) mass is 268 g/mol. The molecular formula is C11H9BrO3. The number of carboxylic acid groups (broad SMARTS) is 1. The molecule has 1 N–H and O–H groups in total. The van der Waals surface area contributed by atoms with Crippen molar-refractivity contribution in [3.05, 3.63) is 33.8 Å². The highest BCUT2D eigenvalue weighted by molar-refractivity contribution is 9.10. The molecule has 78 valence electrons. The quantitative estimate of drug-likeness (QED) is 0.839. The Morgan fingerprint density at radius 3 is 3.07 bits per heavy atom. The number of ether oxygens (including phenoxy) is 1. The Morgan fingerprint density at radius 1 is 1.53 bits per heavy atom. The summed E-state index contributed by atoms with van der Waals surface area (Å²) in [6.45, 7) is 0.702. The summed E-state index contributed by atoms with van der Waals surface area (Å²) in [5, 5.41) is 8.53. The lowest BCUT2D eigenvalue weighted by atomic mass is 10.1. The van der Waals surface area contributed by atoms with E-state index < -0.39 is 5.97 Å². The molecule has 0 aromatic heterocycles. The molecule has 0 radical (unpaired) electrons. The molecule has 3 nitrogen and oxygen atoms in total. The van der Waals surface area contributed by atoms with Crippen LogP contribution in [-0.2, 0) is 11.2 Å². The van der Waals surface area contributed by atoms with E-state index >= 15 is 0 Å². The molecule has 2 rings (SSSR count). The Morgan fingerprint density at radius 2 is 2.33 bits per heavy atom. The number of fused-ring (bicyclic) bond motifs is 1. The molecular weight excluding hydrogens is 260 g/mol. The molecule has 0 fully saturated rings. The van der Waals surface area contributed by atoms with Crippen LogP contribution in [0.25, 0.3) is 6.08 Å². The van der Waals surface area contributed by atoms with Crippen LogP contribution in [0.4, 0.5) is 0 Å². The molecule has 0 amide bonds. The number of hydrogen-bond donors (Lipinski definition) is 1. The second-order valence-corrected chi connectivity index (χ2v) is 4.11. The van der Waals surface area contributed by atoms with Gasteiger partial charge in [-0.2, -0.15) is 0 Å². The van der Waals surface area contributed by atoms with Crippen LogP contribution in [0.3, 0.4) is 0 Å². The number of halogens is 1. The van der Waals surface area contributed by atoms with Crippen LogP contribution >= 0.6 is 15.9 Å². The Hall–Kier alpha value is -1.29. The van der Waals surface area contributed by atoms with Crippen LogP contribution in [0, 0.1) is 0 Å². The van der Waals surface area contributed by atoms with E-state index in [1.807, 2.05) is 12.1 Å². The fourth-order valence-corrected chi connectivity index (χ4v) is 1.96. The molecule has 1 aromatic carbocycles. The van der Waals surface area contributed by atoms with Gasteiger partial charge in [-0.25, -0.2) is 4.79 Å². The maximum absolute atomic E-state index is 10.4. The normalized spacial score (nSPS) is 13.9. The van der Waals surface area contributed by atoms with Crippen molar-refractivity contribution in [2.75, 3.05) is 6.61 Å². The van der Waals surface area contributed by atoms with Gasteiger partial charge in [0.15, 0.2) is 0 Å². The molecule has 0 spiro atoms. The standard InChI is InChI=1S/C11H9BrO3/c12-9-6-10-8(3-4-15-10)5-7(9)1-2-11(13)14/h1-2,5-6H,3-4H2,(H,13,14). The van der Waals surface area contributed by atoms with E-state index in [1.54, 1.807) is 6.08 Å². The second kappa shape index (κ2) is 4.06. The van der Waals surface area contributed by atoms with Gasteiger partial charge in [-0.1, -0.05) is 15.9 Å². The Bertz CT molecular complexity index is 438. The smallest absolute Gasteiger partial charge is 0.328 e. The van der Waals surface area contributed by atoms with E-state index in [2.05, 4.69) is 15.9 Å². The van der Waals surface area contributed by atoms with Crippen LogP contribution in [-0.4, -0.2) is 17.7 Å². The molecule has 4 heteroatoms. The number of benzene rings is 1. The SMILES string of the molecule is O=C(O)C=Cc1cc2c(cc1Br)OCC2. The topological polar surface area (TPSA) is 46.5 Å². The average Bonchev–Trinajstić information content (AvgIpc) is 2.60. The molecule has 0 unspecified atom stereocenters. The highest BCUT2D eigenvalue weighted by Gasteiger charge is 2.13. The minimum atomic E-state index is -0.946. The van der Waals surface area contributed by atoms with Crippen LogP contribution in [0.2, 0.25) is 0 Å². The number of hydrogen-bond acceptors (Lipinski definition) is 2. The third-order valence-electron chi connectivity index (χ3n) is 2.21. The van der Waals surface area contributed by atoms with Gasteiger partial charge in [0.1, 0.15) is 5.75 Å². The molecule has 0 atom stereocenters. The van der Waals surface area contributed by atoms with Gasteiger partial charge in [-0.3, -0.25) is 0 Å². The second-order valence-electron chi connectivity index (χ2n) is 3.25. The van der Waals surface area contributed by atoms with Crippen molar-refractivity contribution < 1.29 is 14.6 Å². The van der Waals surface area contributed by atoms with E-state index in [-0.39, 0.29) is 0 Å². The van der Waals surface area contributed by atoms with Crippen molar-refractivity contribution >= 4 is 28.0 Å². The third-order valence-corrected chi connectivity index (χ3v) is 2.90. The molecule has 15 heavy (non-hydrogen) atoms. The van der Waals surface area contributed by atoms with Crippen molar-refractivity contribution in [2.45, 2.75) is 6.42 Å². The number of carbonyl (C=O) groups is 1. The fraction of sp³-hybridized carbons (Fsp3) is 0.182. The summed E-state index contributed by atoms with van der Waals surface area (Å²) in [7, 11) is 0. The maximum atomic E-state index is 10.4. The van der Waals surface area contributed by atoms with Gasteiger partial charge in [0.05, 0.1) is 6.61 Å². The summed E-state index contributed by atoms with van der Waals surface area (Å²) >= 11 is 3.38. The average molecular weight is 269 g/mol. The van der Waals surface area contributed by atoms with E-state index in [0.717, 1.165) is 33.8 Å². The Balaban J connectivity index is 2.36. The molecule has 0 saturated carbocycles. The minimum absolute atomic E-state index is 0.702. The first-order chi connectivity index (χ1) is 7.16. The van der Waals surface area contributed by atoms with Crippen molar-refractivity contribution in [2.24, 2.45) is 0 Å². The number of rotatable bonds is 2. The molecule has 0 saturated heterocycles. The van der Waals surface area contributed by atoms with Crippen LogP contribution in [0.1, 0.15) is 11.1 Å². The van der Waals surface area contributed by atoms with E-state index in [4.69, 9.17) is 9.84 Å². The zero-order valence-electron chi connectivity index (χ0n) is 7.87. The summed E-state index contributed by atoms with van der Waals surface area (Å²) in [6, 6.07) is 3.83. The zero-order chi connectivity index (χ0) is 10.8. The number of aliphatic carboxylic acids is 1. The lowest BCUT2D eigenvalue weighted by molar-refractivity contribution is -0.131. The van der Waals surface area contributed by atoms with Gasteiger partial charge in [0, 0.05) is 17.0 Å². The Labute approximate surface area is 95.5 Å². The first kappa shape index (κ1) is 10.2. The first-order valence-corrected chi connectivity index (χ1v) is 5.32. The van der Waals surface area contributed by atoms with Gasteiger partial charge in [-0.15, -0.1) is 0 Å². The van der Waals surface area contributed by atoms with Crippen molar-refractivity contribution in [1.82, 2.24) is 0 Å². The van der Waals surface area contributed by atoms with Gasteiger partial charge >= 0.3 is 5.97 Å². The largest absolute Gasteiger partial charge is 0.493 e. The van der Waals surface area contributed by atoms with Crippen molar-refractivity contribution in [3.8, 4) is 5.75 Å². The minimum Gasteiger partial charge on any atom is -0.493 e. The Kier molecular flexibility index (Phi) is 2.77. The fourth-order valence-electron chi connectivity index (χ4n) is 1.51. The predicted octanol–water partition coefficient (Wildman–Crippen LogP) is 2.48. The van der Waals surface area contributed by atoms with E-state index in [0.29, 0.717) is 6.61 Å². The molecule has 1 aliphatic heterocycles. The van der Waals surface area contributed by atoms with Gasteiger partial charge in [0.25, 0.3) is 0 Å². The number of carboxylic acids is 1. The summed E-state index contributed by atoms with van der Waals surface area (Å²) in [6.07, 6.45) is 3.59. The summed E-state index contributed by atoms with van der Waals surface area (Å²) in [5.74, 6) is -0.0620. The van der Waals surface area contributed by atoms with Gasteiger partial charge < -0.3 is 9.84 Å². The highest BCUT2D eigenvalue weighted by Crippen LogP contribution is 2.32. The molecule has 0 aliphatic carbocycles. The third kappa shape index (κ3) is 2.21. The van der Waals surface area contributed by atoms with Crippen LogP contribution < -0.4 is 4.74 Å². The predicted molar refractivity (Wildman–Crippen MR) is 60.0 cm³/mol. The molecule has 1 aliphatic rings. The van der Waals surface area contributed by atoms with E-state index in [1.165, 1.54) is 0 Å². The summed E-state index contributed by atoms with van der Waals surface area (Å²) in [5.41, 5.74) is 1.99. The van der Waals surface area contributed by atoms with Crippen LogP contribution in [0.15, 0.2) is 22.7 Å². The van der Waals surface area contributed by atoms with E-state index in [9.17, 15) is 4.79 Å². The highest BCUT2D eigenvalue weighted by atomic mass is 79.9. The van der Waals surface area contributed by atoms with Gasteiger partial charge in [0.2, 0.25) is 0 Å². The van der Waals surface area contributed by atoms with Gasteiger partial charge in [-0.05, 0) is 29.3 Å². The van der Waals surface area contributed by atoms with Crippen LogP contribution in [0.5, 0.6) is 5.75 Å². The first-order valence-electron chi connectivity index (χ1n) is 4.53.